The third-order valence-corrected chi connectivity index (χ3v) is 4.54. The highest BCUT2D eigenvalue weighted by atomic mass is 32.3. The molecule has 124 valence electrons. The van der Waals surface area contributed by atoms with Crippen LogP contribution in [0.1, 0.15) is 12.8 Å². The summed E-state index contributed by atoms with van der Waals surface area (Å²) in [6.45, 7) is 1.07. The van der Waals surface area contributed by atoms with E-state index in [9.17, 15) is 18.0 Å². The summed E-state index contributed by atoms with van der Waals surface area (Å²) in [5.74, 6) is -0.701. The van der Waals surface area contributed by atoms with Crippen molar-refractivity contribution in [2.75, 3.05) is 19.6 Å². The van der Waals surface area contributed by atoms with Crippen LogP contribution in [0, 0.1) is 0 Å². The Hall–Kier alpha value is -1.31. The number of primary amides is 1. The van der Waals surface area contributed by atoms with Crippen LogP contribution < -0.4 is 11.1 Å². The summed E-state index contributed by atoms with van der Waals surface area (Å²) in [6, 6.07) is -2.38. The van der Waals surface area contributed by atoms with Gasteiger partial charge in [0.05, 0.1) is 0 Å². The third-order valence-electron chi connectivity index (χ3n) is 4.19. The number of amides is 3. The molecule has 0 spiro atoms. The lowest BCUT2D eigenvalue weighted by Gasteiger charge is -2.40. The molecule has 2 bridgehead atoms. The molecule has 3 atom stereocenters. The summed E-state index contributed by atoms with van der Waals surface area (Å²) < 4.78 is 34.3. The zero-order valence-electron chi connectivity index (χ0n) is 11.5. The lowest BCUT2D eigenvalue weighted by atomic mass is 10.00. The Morgan fingerprint density at radius 1 is 1.41 bits per heavy atom. The molecule has 11 nitrogen and oxygen atoms in total. The molecule has 0 aromatic carbocycles. The molecule has 3 fully saturated rings. The number of fused-ring (bicyclic) bond motifs is 2. The molecule has 3 aliphatic heterocycles. The molecular formula is C10H17N4O7S+. The van der Waals surface area contributed by atoms with E-state index in [-0.39, 0.29) is 19.1 Å². The third kappa shape index (κ3) is 2.47. The maximum Gasteiger partial charge on any atom is 0.477 e. The van der Waals surface area contributed by atoms with Crippen LogP contribution in [0.4, 0.5) is 4.79 Å². The first-order valence-corrected chi connectivity index (χ1v) is 8.16. The van der Waals surface area contributed by atoms with Crippen LogP contribution in [0.2, 0.25) is 0 Å². The van der Waals surface area contributed by atoms with Crippen molar-refractivity contribution < 1.29 is 36.3 Å². The van der Waals surface area contributed by atoms with Gasteiger partial charge >= 0.3 is 16.4 Å². The Bertz CT molecular complexity index is 606. The van der Waals surface area contributed by atoms with Gasteiger partial charge in [-0.15, -0.1) is 9.35 Å². The molecule has 0 saturated carbocycles. The Morgan fingerprint density at radius 3 is 2.59 bits per heavy atom. The van der Waals surface area contributed by atoms with Crippen LogP contribution >= 0.6 is 0 Å². The molecule has 0 aromatic rings. The molecule has 22 heavy (non-hydrogen) atoms. The molecule has 0 aromatic heterocycles. The molecular weight excluding hydrogens is 320 g/mol. The first kappa shape index (κ1) is 15.6. The Morgan fingerprint density at radius 2 is 2.09 bits per heavy atom. The summed E-state index contributed by atoms with van der Waals surface area (Å²) in [6.07, 6.45) is 0.300. The summed E-state index contributed by atoms with van der Waals surface area (Å²) >= 11 is 0. The number of quaternary nitrogens is 1. The van der Waals surface area contributed by atoms with E-state index in [1.165, 1.54) is 0 Å². The fraction of sp³-hybridized carbons (Fsp3) is 0.800. The Labute approximate surface area is 126 Å². The number of hydroxylamine groups is 5. The lowest BCUT2D eigenvalue weighted by Crippen LogP contribution is -2.67. The number of nitrogens with two attached hydrogens (primary N) is 1. The standard InChI is InChI=1S/C10H16N4O7S/c11-9(15)8-2-1-6-5-14(8,20-7-3-12-4-7)10(16)13(6)21-22(17,18)19/h6-8,12H,1-5H2,(H2-,11,15,17,18,19)/p+1/t6-,8+,14?/m1/s1. The predicted molar refractivity (Wildman–Crippen MR) is 68.7 cm³/mol. The molecule has 3 saturated heterocycles. The molecule has 12 heteroatoms. The van der Waals surface area contributed by atoms with E-state index in [0.29, 0.717) is 24.6 Å². The molecule has 3 heterocycles. The second-order valence-corrected chi connectivity index (χ2v) is 6.63. The highest BCUT2D eigenvalue weighted by Gasteiger charge is 2.66. The number of hydrogen-bond donors (Lipinski definition) is 3. The number of carbonyl (C=O) groups excluding carboxylic acids is 2. The van der Waals surface area contributed by atoms with Gasteiger partial charge in [-0.1, -0.05) is 4.65 Å². The van der Waals surface area contributed by atoms with E-state index in [1.54, 1.807) is 0 Å². The van der Waals surface area contributed by atoms with Crippen molar-refractivity contribution in [3.63, 3.8) is 0 Å². The van der Waals surface area contributed by atoms with Gasteiger partial charge in [-0.3, -0.25) is 9.35 Å². The van der Waals surface area contributed by atoms with Gasteiger partial charge in [0, 0.05) is 19.5 Å². The first-order valence-electron chi connectivity index (χ1n) is 6.80. The van der Waals surface area contributed by atoms with Gasteiger partial charge in [-0.05, 0) is 6.42 Å². The van der Waals surface area contributed by atoms with Crippen LogP contribution in [0.15, 0.2) is 0 Å². The van der Waals surface area contributed by atoms with Crippen molar-refractivity contribution in [2.45, 2.75) is 31.0 Å². The SMILES string of the molecule is NC(=O)[C@@H]1CC[C@@H]2C[N+]1(OC1CNC1)C(=O)N2OS(=O)(=O)O. The van der Waals surface area contributed by atoms with Crippen molar-refractivity contribution in [3.8, 4) is 0 Å². The Balaban J connectivity index is 1.92. The summed E-state index contributed by atoms with van der Waals surface area (Å²) in [4.78, 5) is 30.1. The van der Waals surface area contributed by atoms with E-state index in [0.717, 1.165) is 0 Å². The van der Waals surface area contributed by atoms with Crippen LogP contribution in [-0.4, -0.2) is 72.4 Å². The minimum atomic E-state index is -4.85. The second-order valence-electron chi connectivity index (χ2n) is 5.62. The van der Waals surface area contributed by atoms with Crippen LogP contribution in [-0.2, 0) is 24.3 Å². The van der Waals surface area contributed by atoms with Gasteiger partial charge in [0.2, 0.25) is 6.04 Å². The fourth-order valence-corrected chi connectivity index (χ4v) is 3.51. The van der Waals surface area contributed by atoms with Crippen LogP contribution in [0.5, 0.6) is 0 Å². The molecule has 4 N–H and O–H groups in total. The molecule has 3 aliphatic rings. The average molecular weight is 337 g/mol. The van der Waals surface area contributed by atoms with E-state index in [2.05, 4.69) is 9.60 Å². The predicted octanol–water partition coefficient (Wildman–Crippen LogP) is -2.11. The highest BCUT2D eigenvalue weighted by molar-refractivity contribution is 7.80. The monoisotopic (exact) mass is 337 g/mol. The minimum Gasteiger partial charge on any atom is -0.364 e. The maximum atomic E-state index is 12.6. The number of rotatable bonds is 5. The van der Waals surface area contributed by atoms with Gasteiger partial charge in [0.1, 0.15) is 18.7 Å². The van der Waals surface area contributed by atoms with Gasteiger partial charge in [-0.2, -0.15) is 13.3 Å². The smallest absolute Gasteiger partial charge is 0.364 e. The first-order chi connectivity index (χ1) is 10.2. The van der Waals surface area contributed by atoms with Crippen molar-refractivity contribution in [2.24, 2.45) is 5.73 Å². The largest absolute Gasteiger partial charge is 0.477 e. The number of nitrogens with zero attached hydrogens (tertiary/aromatic N) is 2. The van der Waals surface area contributed by atoms with Crippen molar-refractivity contribution in [1.82, 2.24) is 10.4 Å². The lowest BCUT2D eigenvalue weighted by molar-refractivity contribution is -1.06. The number of piperidine rings is 1. The van der Waals surface area contributed by atoms with Crippen molar-refractivity contribution in [3.05, 3.63) is 0 Å². The van der Waals surface area contributed by atoms with Crippen molar-refractivity contribution >= 4 is 22.3 Å². The topological polar surface area (TPSA) is 148 Å². The summed E-state index contributed by atoms with van der Waals surface area (Å²) in [7, 11) is -4.85. The van der Waals surface area contributed by atoms with Crippen LogP contribution in [0.25, 0.3) is 0 Å². The van der Waals surface area contributed by atoms with E-state index in [1.807, 2.05) is 0 Å². The quantitative estimate of drug-likeness (QED) is 0.381. The molecule has 0 aliphatic carbocycles. The zero-order chi connectivity index (χ0) is 16.1. The number of hydrogen-bond acceptors (Lipinski definition) is 7. The minimum absolute atomic E-state index is 0.0401. The van der Waals surface area contributed by atoms with Crippen molar-refractivity contribution in [1.29, 1.82) is 0 Å². The zero-order valence-corrected chi connectivity index (χ0v) is 12.4. The normalized spacial score (nSPS) is 35.5. The van der Waals surface area contributed by atoms with Gasteiger partial charge in [0.25, 0.3) is 5.91 Å². The van der Waals surface area contributed by atoms with E-state index in [4.69, 9.17) is 15.1 Å². The second kappa shape index (κ2) is 5.11. The highest BCUT2D eigenvalue weighted by Crippen LogP contribution is 2.39. The number of urea groups is 1. The van der Waals surface area contributed by atoms with E-state index < -0.39 is 39.1 Å². The molecule has 3 rings (SSSR count). The van der Waals surface area contributed by atoms with Gasteiger partial charge in [0.15, 0.2) is 0 Å². The van der Waals surface area contributed by atoms with Gasteiger partial charge in [-0.25, -0.2) is 4.79 Å². The molecule has 3 amide bonds. The summed E-state index contributed by atoms with van der Waals surface area (Å²) in [5.41, 5.74) is 5.38. The summed E-state index contributed by atoms with van der Waals surface area (Å²) in [5, 5.41) is 3.54. The average Bonchev–Trinajstić information content (AvgIpc) is 2.55. The fourth-order valence-electron chi connectivity index (χ4n) is 3.12. The molecule has 0 radical (unpaired) electrons. The number of carbonyl (C=O) groups is 2. The number of nitrogens with one attached hydrogen (secondary N) is 1. The van der Waals surface area contributed by atoms with Crippen LogP contribution in [0.3, 0.4) is 0 Å². The van der Waals surface area contributed by atoms with E-state index >= 15 is 0 Å². The maximum absolute atomic E-state index is 12.6. The van der Waals surface area contributed by atoms with Gasteiger partial charge < -0.3 is 11.1 Å². The molecule has 1 unspecified atom stereocenters. The Kier molecular flexibility index (Phi) is 3.62.